The zero-order chi connectivity index (χ0) is 15.7. The third-order valence-corrected chi connectivity index (χ3v) is 3.86. The molecule has 2 aromatic carbocycles. The molecule has 0 aliphatic heterocycles. The normalized spacial score (nSPS) is 10.9. The molecular formula is C18H17FN2O. The number of rotatable bonds is 3. The van der Waals surface area contributed by atoms with E-state index >= 15 is 0 Å². The van der Waals surface area contributed by atoms with Crippen LogP contribution in [0.25, 0.3) is 10.9 Å². The molecule has 112 valence electrons. The van der Waals surface area contributed by atoms with Crippen LogP contribution in [0.1, 0.15) is 11.3 Å². The van der Waals surface area contributed by atoms with Crippen molar-refractivity contribution < 1.29 is 9.18 Å². The number of carbonyl (C=O) groups excluding carboxylic acids is 1. The van der Waals surface area contributed by atoms with E-state index in [9.17, 15) is 9.18 Å². The highest BCUT2D eigenvalue weighted by Gasteiger charge is 2.11. The summed E-state index contributed by atoms with van der Waals surface area (Å²) in [5.74, 6) is -0.487. The number of benzene rings is 2. The third-order valence-electron chi connectivity index (χ3n) is 3.86. The highest BCUT2D eigenvalue weighted by atomic mass is 19.1. The number of aromatic nitrogens is 1. The number of nitrogens with zero attached hydrogens (tertiary/aromatic N) is 1. The van der Waals surface area contributed by atoms with E-state index in [-0.39, 0.29) is 18.3 Å². The minimum absolute atomic E-state index is 0.168. The average Bonchev–Trinajstić information content (AvgIpc) is 2.80. The van der Waals surface area contributed by atoms with Crippen LogP contribution >= 0.6 is 0 Å². The SMILES string of the molecule is Cc1c(F)cccc1NC(=O)Cn1c(C)cc2ccccc21. The molecule has 0 aliphatic rings. The molecule has 0 saturated heterocycles. The lowest BCUT2D eigenvalue weighted by Gasteiger charge is -2.11. The molecule has 1 N–H and O–H groups in total. The molecule has 0 radical (unpaired) electrons. The second kappa shape index (κ2) is 5.64. The van der Waals surface area contributed by atoms with Gasteiger partial charge in [-0.3, -0.25) is 4.79 Å². The predicted molar refractivity (Wildman–Crippen MR) is 86.4 cm³/mol. The van der Waals surface area contributed by atoms with Crippen molar-refractivity contribution in [3.05, 3.63) is 65.6 Å². The van der Waals surface area contributed by atoms with Gasteiger partial charge in [0.15, 0.2) is 0 Å². The molecule has 0 spiro atoms. The first kappa shape index (κ1) is 14.3. The fourth-order valence-corrected chi connectivity index (χ4v) is 2.63. The number of nitrogens with one attached hydrogen (secondary N) is 1. The highest BCUT2D eigenvalue weighted by molar-refractivity contribution is 5.93. The zero-order valence-electron chi connectivity index (χ0n) is 12.6. The van der Waals surface area contributed by atoms with E-state index in [2.05, 4.69) is 11.4 Å². The molecule has 22 heavy (non-hydrogen) atoms. The Hall–Kier alpha value is -2.62. The van der Waals surface area contributed by atoms with Gasteiger partial charge in [0.1, 0.15) is 12.4 Å². The number of fused-ring (bicyclic) bond motifs is 1. The van der Waals surface area contributed by atoms with Crippen LogP contribution in [0.15, 0.2) is 48.5 Å². The third kappa shape index (κ3) is 2.60. The summed E-state index contributed by atoms with van der Waals surface area (Å²) in [6.45, 7) is 3.83. The Bertz CT molecular complexity index is 851. The van der Waals surface area contributed by atoms with Crippen molar-refractivity contribution in [2.24, 2.45) is 0 Å². The number of anilines is 1. The lowest BCUT2D eigenvalue weighted by molar-refractivity contribution is -0.116. The number of para-hydroxylation sites is 1. The first-order valence-electron chi connectivity index (χ1n) is 7.16. The predicted octanol–water partition coefficient (Wildman–Crippen LogP) is 4.04. The molecular weight excluding hydrogens is 279 g/mol. The Morgan fingerprint density at radius 1 is 1.14 bits per heavy atom. The molecule has 0 saturated carbocycles. The van der Waals surface area contributed by atoms with Crippen molar-refractivity contribution in [2.75, 3.05) is 5.32 Å². The Labute approximate surface area is 128 Å². The van der Waals surface area contributed by atoms with E-state index < -0.39 is 0 Å². The largest absolute Gasteiger partial charge is 0.335 e. The summed E-state index contributed by atoms with van der Waals surface area (Å²) < 4.78 is 15.5. The molecule has 3 aromatic rings. The van der Waals surface area contributed by atoms with Crippen molar-refractivity contribution in [1.29, 1.82) is 0 Å². The van der Waals surface area contributed by atoms with Crippen molar-refractivity contribution >= 4 is 22.5 Å². The monoisotopic (exact) mass is 296 g/mol. The fourth-order valence-electron chi connectivity index (χ4n) is 2.63. The highest BCUT2D eigenvalue weighted by Crippen LogP contribution is 2.20. The van der Waals surface area contributed by atoms with Crippen molar-refractivity contribution in [3.8, 4) is 0 Å². The molecule has 0 atom stereocenters. The van der Waals surface area contributed by atoms with Crippen molar-refractivity contribution in [1.82, 2.24) is 4.57 Å². The van der Waals surface area contributed by atoms with Crippen LogP contribution in [-0.4, -0.2) is 10.5 Å². The number of carbonyl (C=O) groups is 1. The molecule has 4 heteroatoms. The number of hydrogen-bond donors (Lipinski definition) is 1. The van der Waals surface area contributed by atoms with Crippen LogP contribution in [0.5, 0.6) is 0 Å². The fraction of sp³-hybridized carbons (Fsp3) is 0.167. The van der Waals surface area contributed by atoms with Crippen LogP contribution in [0.4, 0.5) is 10.1 Å². The summed E-state index contributed by atoms with van der Waals surface area (Å²) in [5, 5.41) is 3.89. The number of aryl methyl sites for hydroxylation is 1. The quantitative estimate of drug-likeness (QED) is 0.777. The van der Waals surface area contributed by atoms with Gasteiger partial charge in [0.25, 0.3) is 0 Å². The van der Waals surface area contributed by atoms with Gasteiger partial charge in [-0.15, -0.1) is 0 Å². The van der Waals surface area contributed by atoms with Crippen LogP contribution in [0.3, 0.4) is 0 Å². The minimum atomic E-state index is -0.319. The first-order valence-corrected chi connectivity index (χ1v) is 7.16. The lowest BCUT2D eigenvalue weighted by Crippen LogP contribution is -2.20. The molecule has 1 amide bonds. The molecule has 0 bridgehead atoms. The number of halogens is 1. The van der Waals surface area contributed by atoms with Gasteiger partial charge in [-0.05, 0) is 43.5 Å². The van der Waals surface area contributed by atoms with Gasteiger partial charge >= 0.3 is 0 Å². The van der Waals surface area contributed by atoms with Gasteiger partial charge in [0, 0.05) is 22.5 Å². The topological polar surface area (TPSA) is 34.0 Å². The number of hydrogen-bond acceptors (Lipinski definition) is 1. The van der Waals surface area contributed by atoms with Crippen molar-refractivity contribution in [2.45, 2.75) is 20.4 Å². The molecule has 1 aromatic heterocycles. The van der Waals surface area contributed by atoms with Crippen LogP contribution in [0.2, 0.25) is 0 Å². The van der Waals surface area contributed by atoms with Gasteiger partial charge < -0.3 is 9.88 Å². The standard InChI is InChI=1S/C18H17FN2O/c1-12-10-14-6-3-4-9-17(14)21(12)11-18(22)20-16-8-5-7-15(19)13(16)2/h3-10H,11H2,1-2H3,(H,20,22). The Morgan fingerprint density at radius 2 is 1.91 bits per heavy atom. The van der Waals surface area contributed by atoms with Crippen LogP contribution < -0.4 is 5.32 Å². The first-order chi connectivity index (χ1) is 10.6. The maximum atomic E-state index is 13.5. The Balaban J connectivity index is 1.84. The summed E-state index contributed by atoms with van der Waals surface area (Å²) >= 11 is 0. The van der Waals surface area contributed by atoms with Crippen LogP contribution in [0, 0.1) is 19.7 Å². The zero-order valence-corrected chi connectivity index (χ0v) is 12.6. The second-order valence-corrected chi connectivity index (χ2v) is 5.39. The van der Waals surface area contributed by atoms with E-state index in [0.717, 1.165) is 16.6 Å². The summed E-state index contributed by atoms with van der Waals surface area (Å²) in [5.41, 5.74) is 3.00. The Morgan fingerprint density at radius 3 is 2.73 bits per heavy atom. The van der Waals surface area contributed by atoms with Gasteiger partial charge in [0.2, 0.25) is 5.91 Å². The maximum absolute atomic E-state index is 13.5. The summed E-state index contributed by atoms with van der Waals surface area (Å²) in [6.07, 6.45) is 0. The molecule has 0 aliphatic carbocycles. The van der Waals surface area contributed by atoms with Gasteiger partial charge in [-0.1, -0.05) is 24.3 Å². The van der Waals surface area contributed by atoms with Gasteiger partial charge in [0.05, 0.1) is 0 Å². The Kier molecular flexibility index (Phi) is 3.67. The maximum Gasteiger partial charge on any atom is 0.244 e. The van der Waals surface area contributed by atoms with Crippen LogP contribution in [-0.2, 0) is 11.3 Å². The van der Waals surface area contributed by atoms with Gasteiger partial charge in [-0.25, -0.2) is 4.39 Å². The van der Waals surface area contributed by atoms with Crippen molar-refractivity contribution in [3.63, 3.8) is 0 Å². The second-order valence-electron chi connectivity index (χ2n) is 5.39. The van der Waals surface area contributed by atoms with E-state index in [1.807, 2.05) is 35.8 Å². The smallest absolute Gasteiger partial charge is 0.244 e. The van der Waals surface area contributed by atoms with Gasteiger partial charge in [-0.2, -0.15) is 0 Å². The molecule has 0 fully saturated rings. The number of amides is 1. The van der Waals surface area contributed by atoms with E-state index in [0.29, 0.717) is 11.3 Å². The summed E-state index contributed by atoms with van der Waals surface area (Å²) in [7, 11) is 0. The average molecular weight is 296 g/mol. The minimum Gasteiger partial charge on any atom is -0.335 e. The lowest BCUT2D eigenvalue weighted by atomic mass is 10.2. The molecule has 1 heterocycles. The molecule has 3 rings (SSSR count). The summed E-state index contributed by atoms with van der Waals surface area (Å²) in [4.78, 5) is 12.3. The van der Waals surface area contributed by atoms with E-state index in [1.54, 1.807) is 19.1 Å². The van der Waals surface area contributed by atoms with E-state index in [1.165, 1.54) is 6.07 Å². The molecule has 0 unspecified atom stereocenters. The summed E-state index contributed by atoms with van der Waals surface area (Å²) in [6, 6.07) is 14.7. The van der Waals surface area contributed by atoms with E-state index in [4.69, 9.17) is 0 Å². The molecule has 3 nitrogen and oxygen atoms in total.